The fourth-order valence-corrected chi connectivity index (χ4v) is 1.08. The van der Waals surface area contributed by atoms with Crippen LogP contribution < -0.4 is 0 Å². The van der Waals surface area contributed by atoms with Crippen LogP contribution >= 0.6 is 0 Å². The number of allylic oxidation sites excluding steroid dienone is 2. The molecule has 0 amide bonds. The van der Waals surface area contributed by atoms with Crippen molar-refractivity contribution in [3.8, 4) is 0 Å². The van der Waals surface area contributed by atoms with Crippen molar-refractivity contribution in [2.75, 3.05) is 0 Å². The predicted octanol–water partition coefficient (Wildman–Crippen LogP) is 1.84. The van der Waals surface area contributed by atoms with Gasteiger partial charge in [0.25, 0.3) is 0 Å². The molecule has 0 heterocycles. The van der Waals surface area contributed by atoms with Crippen LogP contribution in [0.2, 0.25) is 0 Å². The molecule has 0 aromatic rings. The highest BCUT2D eigenvalue weighted by Crippen LogP contribution is 2.14. The van der Waals surface area contributed by atoms with Crippen molar-refractivity contribution in [1.82, 2.24) is 0 Å². The highest BCUT2D eigenvalue weighted by Gasteiger charge is 2.05. The smallest absolute Gasteiger partial charge is 0.205 e. The number of hydrogen-bond donors (Lipinski definition) is 0. The maximum Gasteiger partial charge on any atom is 0.205 e. The fraction of sp³-hybridized carbons (Fsp3) is 0.625. The molecule has 1 aliphatic rings. The molecule has 0 aromatic heterocycles. The summed E-state index contributed by atoms with van der Waals surface area (Å²) in [5.74, 6) is 0.0903. The van der Waals surface area contributed by atoms with Gasteiger partial charge in [-0.05, 0) is 19.3 Å². The van der Waals surface area contributed by atoms with E-state index in [1.54, 1.807) is 0 Å². The third kappa shape index (κ3) is 2.00. The molecule has 0 saturated carbocycles. The first-order chi connectivity index (χ1) is 4.43. The van der Waals surface area contributed by atoms with E-state index in [1.807, 2.05) is 12.4 Å². The first kappa shape index (κ1) is 6.53. The molecule has 0 aliphatic heterocycles. The van der Waals surface area contributed by atoms with Gasteiger partial charge in [0.2, 0.25) is 6.29 Å². The Balaban J connectivity index is 2.41. The van der Waals surface area contributed by atoms with Gasteiger partial charge < -0.3 is 0 Å². The lowest BCUT2D eigenvalue weighted by Gasteiger charge is -1.96. The van der Waals surface area contributed by atoms with Crippen molar-refractivity contribution in [2.45, 2.75) is 25.7 Å². The minimum atomic E-state index is 0.0903. The summed E-state index contributed by atoms with van der Waals surface area (Å²) in [6.07, 6.45) is 10.6. The maximum atomic E-state index is 10.1. The quantitative estimate of drug-likeness (QED) is 0.486. The van der Waals surface area contributed by atoms with E-state index in [9.17, 15) is 4.79 Å². The minimum Gasteiger partial charge on any atom is -0.290 e. The summed E-state index contributed by atoms with van der Waals surface area (Å²) in [5.41, 5.74) is 0. The van der Waals surface area contributed by atoms with E-state index in [0.29, 0.717) is 0 Å². The molecule has 1 nitrogen and oxygen atoms in total. The second-order valence-electron chi connectivity index (χ2n) is 2.44. The zero-order valence-corrected chi connectivity index (χ0v) is 5.47. The van der Waals surface area contributed by atoms with Crippen LogP contribution in [-0.4, -0.2) is 6.29 Å². The normalized spacial score (nSPS) is 27.3. The number of hydrogen-bond acceptors (Lipinski definition) is 1. The Morgan fingerprint density at radius 1 is 1.44 bits per heavy atom. The lowest BCUT2D eigenvalue weighted by atomic mass is 10.1. The van der Waals surface area contributed by atoms with Crippen molar-refractivity contribution in [3.05, 3.63) is 12.2 Å². The molecular formula is C8H11O. The van der Waals surface area contributed by atoms with Crippen molar-refractivity contribution in [3.63, 3.8) is 0 Å². The fourth-order valence-electron chi connectivity index (χ4n) is 1.08. The van der Waals surface area contributed by atoms with Gasteiger partial charge in [-0.3, -0.25) is 4.79 Å². The number of carbonyl (C=O) groups excluding carboxylic acids is 1. The van der Waals surface area contributed by atoms with Crippen molar-refractivity contribution < 1.29 is 4.79 Å². The lowest BCUT2D eigenvalue weighted by Crippen LogP contribution is -1.94. The van der Waals surface area contributed by atoms with Crippen LogP contribution in [0, 0.1) is 5.92 Å². The minimum absolute atomic E-state index is 0.0903. The van der Waals surface area contributed by atoms with Crippen LogP contribution in [0.5, 0.6) is 0 Å². The van der Waals surface area contributed by atoms with Gasteiger partial charge in [0.05, 0.1) is 0 Å². The van der Waals surface area contributed by atoms with E-state index < -0.39 is 0 Å². The molecule has 1 rings (SSSR count). The Kier molecular flexibility index (Phi) is 2.49. The second kappa shape index (κ2) is 3.44. The van der Waals surface area contributed by atoms with Crippen LogP contribution in [-0.2, 0) is 4.79 Å². The topological polar surface area (TPSA) is 17.1 Å². The molecule has 0 saturated heterocycles. The highest BCUT2D eigenvalue weighted by molar-refractivity contribution is 5.57. The molecular weight excluding hydrogens is 112 g/mol. The van der Waals surface area contributed by atoms with Gasteiger partial charge in [0, 0.05) is 5.92 Å². The number of rotatable bonds is 1. The van der Waals surface area contributed by atoms with Crippen LogP contribution in [0.4, 0.5) is 0 Å². The van der Waals surface area contributed by atoms with E-state index in [0.717, 1.165) is 12.8 Å². The van der Waals surface area contributed by atoms with Gasteiger partial charge in [-0.15, -0.1) is 0 Å². The van der Waals surface area contributed by atoms with E-state index in [4.69, 9.17) is 0 Å². The summed E-state index contributed by atoms with van der Waals surface area (Å²) >= 11 is 0. The standard InChI is InChI=1S/C8H11O/c9-7-8-5-3-1-2-4-6-8/h3,5,8H,1-2,4,6H2. The van der Waals surface area contributed by atoms with E-state index in [-0.39, 0.29) is 5.92 Å². The van der Waals surface area contributed by atoms with Gasteiger partial charge in [-0.1, -0.05) is 18.6 Å². The van der Waals surface area contributed by atoms with Gasteiger partial charge >= 0.3 is 0 Å². The molecule has 0 bridgehead atoms. The van der Waals surface area contributed by atoms with E-state index >= 15 is 0 Å². The van der Waals surface area contributed by atoms with Gasteiger partial charge in [-0.2, -0.15) is 0 Å². The molecule has 1 aliphatic carbocycles. The lowest BCUT2D eigenvalue weighted by molar-refractivity contribution is 0.527. The van der Waals surface area contributed by atoms with Crippen LogP contribution in [0.1, 0.15) is 25.7 Å². The van der Waals surface area contributed by atoms with Crippen molar-refractivity contribution >= 4 is 6.29 Å². The SMILES string of the molecule is O=[C]C1C=CCCCC1. The molecule has 0 aromatic carbocycles. The zero-order valence-electron chi connectivity index (χ0n) is 5.47. The first-order valence-corrected chi connectivity index (χ1v) is 3.48. The molecule has 0 fully saturated rings. The molecule has 0 N–H and O–H groups in total. The summed E-state index contributed by atoms with van der Waals surface area (Å²) < 4.78 is 0. The zero-order chi connectivity index (χ0) is 6.53. The Morgan fingerprint density at radius 2 is 2.33 bits per heavy atom. The summed E-state index contributed by atoms with van der Waals surface area (Å²) in [6, 6.07) is 0. The maximum absolute atomic E-state index is 10.1. The van der Waals surface area contributed by atoms with Crippen LogP contribution in [0.15, 0.2) is 12.2 Å². The third-order valence-corrected chi connectivity index (χ3v) is 1.66. The van der Waals surface area contributed by atoms with Gasteiger partial charge in [0.15, 0.2) is 0 Å². The Labute approximate surface area is 55.8 Å². The highest BCUT2D eigenvalue weighted by atomic mass is 16.1. The largest absolute Gasteiger partial charge is 0.290 e. The monoisotopic (exact) mass is 123 g/mol. The molecule has 0 spiro atoms. The van der Waals surface area contributed by atoms with E-state index in [2.05, 4.69) is 6.08 Å². The predicted molar refractivity (Wildman–Crippen MR) is 36.8 cm³/mol. The average molecular weight is 123 g/mol. The second-order valence-corrected chi connectivity index (χ2v) is 2.44. The molecule has 1 radical (unpaired) electrons. The molecule has 1 atom stereocenters. The van der Waals surface area contributed by atoms with Gasteiger partial charge in [-0.25, -0.2) is 0 Å². The Morgan fingerprint density at radius 3 is 3.11 bits per heavy atom. The summed E-state index contributed by atoms with van der Waals surface area (Å²) in [7, 11) is 0. The Bertz CT molecular complexity index is 116. The van der Waals surface area contributed by atoms with Gasteiger partial charge in [0.1, 0.15) is 0 Å². The van der Waals surface area contributed by atoms with Crippen LogP contribution in [0.3, 0.4) is 0 Å². The first-order valence-electron chi connectivity index (χ1n) is 3.48. The van der Waals surface area contributed by atoms with Crippen molar-refractivity contribution in [1.29, 1.82) is 0 Å². The van der Waals surface area contributed by atoms with Crippen molar-refractivity contribution in [2.24, 2.45) is 5.92 Å². The molecule has 49 valence electrons. The summed E-state index contributed by atoms with van der Waals surface area (Å²) in [4.78, 5) is 10.1. The third-order valence-electron chi connectivity index (χ3n) is 1.66. The molecule has 1 heteroatoms. The van der Waals surface area contributed by atoms with E-state index in [1.165, 1.54) is 12.8 Å². The Hall–Kier alpha value is -0.590. The summed E-state index contributed by atoms with van der Waals surface area (Å²) in [6.45, 7) is 0. The molecule has 9 heavy (non-hydrogen) atoms. The van der Waals surface area contributed by atoms with Crippen LogP contribution in [0.25, 0.3) is 0 Å². The average Bonchev–Trinajstić information content (AvgIpc) is 2.13. The molecule has 1 unspecified atom stereocenters. The summed E-state index contributed by atoms with van der Waals surface area (Å²) in [5, 5.41) is 0.